The van der Waals surface area contributed by atoms with Gasteiger partial charge in [0.1, 0.15) is 0 Å². The first kappa shape index (κ1) is 17.9. The summed E-state index contributed by atoms with van der Waals surface area (Å²) in [5.41, 5.74) is 0. The van der Waals surface area contributed by atoms with Crippen molar-refractivity contribution in [3.63, 3.8) is 0 Å². The maximum atomic E-state index is 11.0. The molecule has 2 heteroatoms. The Morgan fingerprint density at radius 1 is 0.611 bits per heavy atom. The molecule has 2 nitrogen and oxygen atoms in total. The average molecular weight is 256 g/mol. The standard InChI is InChI=1S/C16H34NO/c1-3-5-6-7-8-9-10-11-12-13-14-15-16-17(18)4-2/h3-16H2,1-2H3/q-1. The molecule has 0 saturated carbocycles. The van der Waals surface area contributed by atoms with Crippen LogP contribution in [0.3, 0.4) is 0 Å². The van der Waals surface area contributed by atoms with Gasteiger partial charge in [-0.05, 0) is 19.5 Å². The van der Waals surface area contributed by atoms with Gasteiger partial charge in [-0.15, -0.1) is 0 Å². The van der Waals surface area contributed by atoms with Crippen LogP contribution in [0.2, 0.25) is 0 Å². The molecule has 0 aliphatic heterocycles. The van der Waals surface area contributed by atoms with Gasteiger partial charge in [0.2, 0.25) is 0 Å². The van der Waals surface area contributed by atoms with Crippen molar-refractivity contribution in [2.24, 2.45) is 0 Å². The van der Waals surface area contributed by atoms with Crippen molar-refractivity contribution in [3.05, 3.63) is 5.21 Å². The lowest BCUT2D eigenvalue weighted by Gasteiger charge is -2.25. The maximum absolute atomic E-state index is 11.0. The number of nitrogens with zero attached hydrogens (tertiary/aromatic N) is 1. The van der Waals surface area contributed by atoms with E-state index in [1.807, 2.05) is 6.92 Å². The number of unbranched alkanes of at least 4 members (excludes halogenated alkanes) is 11. The van der Waals surface area contributed by atoms with E-state index >= 15 is 0 Å². The van der Waals surface area contributed by atoms with Crippen LogP contribution >= 0.6 is 0 Å². The number of hydroxylamine groups is 2. The molecule has 0 fully saturated rings. The summed E-state index contributed by atoms with van der Waals surface area (Å²) in [5, 5.41) is 12.2. The van der Waals surface area contributed by atoms with Crippen LogP contribution in [-0.2, 0) is 0 Å². The van der Waals surface area contributed by atoms with Crippen LogP contribution in [0.15, 0.2) is 0 Å². The molecular weight excluding hydrogens is 222 g/mol. The zero-order valence-corrected chi connectivity index (χ0v) is 12.8. The molecule has 0 aliphatic carbocycles. The van der Waals surface area contributed by atoms with E-state index in [4.69, 9.17) is 0 Å². The summed E-state index contributed by atoms with van der Waals surface area (Å²) in [5.74, 6) is 0. The topological polar surface area (TPSA) is 26.3 Å². The Hall–Kier alpha value is -0.0800. The number of hydrogen-bond acceptors (Lipinski definition) is 2. The smallest absolute Gasteiger partial charge is 0.0145 e. The molecule has 0 spiro atoms. The second-order valence-electron chi connectivity index (χ2n) is 5.41. The summed E-state index contributed by atoms with van der Waals surface area (Å²) in [4.78, 5) is 0. The monoisotopic (exact) mass is 256 g/mol. The fourth-order valence-electron chi connectivity index (χ4n) is 2.29. The van der Waals surface area contributed by atoms with E-state index in [9.17, 15) is 5.21 Å². The van der Waals surface area contributed by atoms with Gasteiger partial charge < -0.3 is 10.3 Å². The Balaban J connectivity index is 2.94. The van der Waals surface area contributed by atoms with Crippen molar-refractivity contribution in [2.45, 2.75) is 90.9 Å². The first-order chi connectivity index (χ1) is 8.81. The van der Waals surface area contributed by atoms with Crippen LogP contribution in [0.4, 0.5) is 0 Å². The van der Waals surface area contributed by atoms with E-state index in [1.54, 1.807) is 0 Å². The molecule has 0 aromatic rings. The van der Waals surface area contributed by atoms with E-state index in [1.165, 1.54) is 70.6 Å². The highest BCUT2D eigenvalue weighted by atomic mass is 16.5. The third-order valence-corrected chi connectivity index (χ3v) is 3.61. The third-order valence-electron chi connectivity index (χ3n) is 3.61. The summed E-state index contributed by atoms with van der Waals surface area (Å²) in [6.07, 6.45) is 16.3. The zero-order valence-electron chi connectivity index (χ0n) is 12.8. The van der Waals surface area contributed by atoms with Gasteiger partial charge in [0.05, 0.1) is 0 Å². The molecule has 0 bridgehead atoms. The molecule has 0 atom stereocenters. The molecule has 18 heavy (non-hydrogen) atoms. The molecule has 0 radical (unpaired) electrons. The first-order valence-electron chi connectivity index (χ1n) is 8.23. The van der Waals surface area contributed by atoms with Gasteiger partial charge in [0.25, 0.3) is 0 Å². The van der Waals surface area contributed by atoms with Gasteiger partial charge in [-0.1, -0.05) is 84.5 Å². The summed E-state index contributed by atoms with van der Waals surface area (Å²) in [6, 6.07) is 0. The zero-order chi connectivity index (χ0) is 13.5. The summed E-state index contributed by atoms with van der Waals surface area (Å²) in [6.45, 7) is 5.56. The predicted molar refractivity (Wildman–Crippen MR) is 81.7 cm³/mol. The Morgan fingerprint density at radius 2 is 1.00 bits per heavy atom. The molecule has 0 rings (SSSR count). The highest BCUT2D eigenvalue weighted by Gasteiger charge is 1.93. The quantitative estimate of drug-likeness (QED) is 0.303. The van der Waals surface area contributed by atoms with E-state index in [0.29, 0.717) is 6.54 Å². The fourth-order valence-corrected chi connectivity index (χ4v) is 2.29. The lowest BCUT2D eigenvalue weighted by Crippen LogP contribution is -2.16. The molecule has 0 aromatic heterocycles. The Kier molecular flexibility index (Phi) is 14.9. The van der Waals surface area contributed by atoms with E-state index in [-0.39, 0.29) is 0 Å². The van der Waals surface area contributed by atoms with Gasteiger partial charge in [0, 0.05) is 0 Å². The van der Waals surface area contributed by atoms with Crippen LogP contribution in [0.25, 0.3) is 0 Å². The van der Waals surface area contributed by atoms with Crippen molar-refractivity contribution in [2.75, 3.05) is 13.1 Å². The number of hydrogen-bond donors (Lipinski definition) is 0. The number of rotatable bonds is 14. The third kappa shape index (κ3) is 14.0. The van der Waals surface area contributed by atoms with Gasteiger partial charge in [0.15, 0.2) is 0 Å². The highest BCUT2D eigenvalue weighted by molar-refractivity contribution is 4.54. The maximum Gasteiger partial charge on any atom is -0.0145 e. The largest absolute Gasteiger partial charge is 0.785 e. The van der Waals surface area contributed by atoms with Crippen molar-refractivity contribution in [3.8, 4) is 0 Å². The van der Waals surface area contributed by atoms with Crippen LogP contribution in [0.5, 0.6) is 0 Å². The molecule has 0 heterocycles. The van der Waals surface area contributed by atoms with Gasteiger partial charge in [-0.25, -0.2) is 0 Å². The minimum absolute atomic E-state index is 0.637. The van der Waals surface area contributed by atoms with Gasteiger partial charge >= 0.3 is 0 Å². The lowest BCUT2D eigenvalue weighted by atomic mass is 10.1. The van der Waals surface area contributed by atoms with Gasteiger partial charge in [-0.2, -0.15) is 0 Å². The van der Waals surface area contributed by atoms with E-state index in [0.717, 1.165) is 18.0 Å². The molecule has 0 amide bonds. The van der Waals surface area contributed by atoms with Crippen molar-refractivity contribution in [1.82, 2.24) is 5.06 Å². The molecule has 0 N–H and O–H groups in total. The summed E-state index contributed by atoms with van der Waals surface area (Å²) >= 11 is 0. The van der Waals surface area contributed by atoms with Crippen LogP contribution < -0.4 is 0 Å². The van der Waals surface area contributed by atoms with E-state index < -0.39 is 0 Å². The minimum atomic E-state index is 0.637. The van der Waals surface area contributed by atoms with Crippen LogP contribution in [0.1, 0.15) is 90.9 Å². The summed E-state index contributed by atoms with van der Waals surface area (Å²) < 4.78 is 0. The van der Waals surface area contributed by atoms with Crippen molar-refractivity contribution in [1.29, 1.82) is 0 Å². The SMILES string of the molecule is CCCCCCCCCCCCCCN([O-])CC. The lowest BCUT2D eigenvalue weighted by molar-refractivity contribution is 0.380. The molecule has 0 saturated heterocycles. The normalized spacial score (nSPS) is 11.3. The molecule has 0 aromatic carbocycles. The second kappa shape index (κ2) is 15.0. The molecular formula is C16H34NO-. The molecule has 0 unspecified atom stereocenters. The average Bonchev–Trinajstić information content (AvgIpc) is 2.39. The highest BCUT2D eigenvalue weighted by Crippen LogP contribution is 2.11. The van der Waals surface area contributed by atoms with Crippen LogP contribution in [0, 0.1) is 5.21 Å². The van der Waals surface area contributed by atoms with Crippen molar-refractivity contribution >= 4 is 0 Å². The Labute approximate surface area is 115 Å². The molecule has 110 valence electrons. The molecule has 0 aliphatic rings. The predicted octanol–water partition coefficient (Wildman–Crippen LogP) is 5.51. The van der Waals surface area contributed by atoms with E-state index in [2.05, 4.69) is 6.92 Å². The summed E-state index contributed by atoms with van der Waals surface area (Å²) in [7, 11) is 0. The first-order valence-corrected chi connectivity index (χ1v) is 8.23. The minimum Gasteiger partial charge on any atom is -0.785 e. The Bertz CT molecular complexity index is 150. The van der Waals surface area contributed by atoms with Crippen molar-refractivity contribution < 1.29 is 0 Å². The Morgan fingerprint density at radius 3 is 1.39 bits per heavy atom. The van der Waals surface area contributed by atoms with Crippen LogP contribution in [-0.4, -0.2) is 18.2 Å². The fraction of sp³-hybridized carbons (Fsp3) is 1.00. The second-order valence-corrected chi connectivity index (χ2v) is 5.41. The van der Waals surface area contributed by atoms with Gasteiger partial charge in [-0.3, -0.25) is 0 Å².